The van der Waals surface area contributed by atoms with Gasteiger partial charge in [-0.2, -0.15) is 0 Å². The first-order valence-corrected chi connectivity index (χ1v) is 6.12. The van der Waals surface area contributed by atoms with Gasteiger partial charge in [-0.3, -0.25) is 0 Å². The normalized spacial score (nSPS) is 40.6. The van der Waals surface area contributed by atoms with Gasteiger partial charge in [-0.25, -0.2) is 0 Å². The van der Waals surface area contributed by atoms with Crippen molar-refractivity contribution in [2.24, 2.45) is 0 Å². The number of alkyl halides is 8. The predicted molar refractivity (Wildman–Crippen MR) is 62.6 cm³/mol. The SMILES string of the molecule is ClC1C(Cl)C(Cl)(Cl)C(Cl)(Cl)C1(Cl)Cl. The average molecular weight is 346 g/mol. The van der Waals surface area contributed by atoms with Gasteiger partial charge in [0.15, 0.2) is 13.0 Å². The van der Waals surface area contributed by atoms with Crippen LogP contribution in [0.5, 0.6) is 0 Å². The van der Waals surface area contributed by atoms with Gasteiger partial charge in [0.25, 0.3) is 0 Å². The van der Waals surface area contributed by atoms with Crippen LogP contribution in [0.15, 0.2) is 0 Å². The molecule has 0 aromatic carbocycles. The first-order valence-electron chi connectivity index (χ1n) is 2.98. The zero-order valence-corrected chi connectivity index (χ0v) is 11.7. The summed E-state index contributed by atoms with van der Waals surface area (Å²) in [7, 11) is 0. The van der Waals surface area contributed by atoms with Crippen molar-refractivity contribution in [2.75, 3.05) is 0 Å². The summed E-state index contributed by atoms with van der Waals surface area (Å²) in [4.78, 5) is 0. The van der Waals surface area contributed by atoms with Gasteiger partial charge >= 0.3 is 0 Å². The molecule has 0 bridgehead atoms. The Morgan fingerprint density at radius 1 is 0.615 bits per heavy atom. The fourth-order valence-corrected chi connectivity index (χ4v) is 3.89. The molecule has 0 aliphatic heterocycles. The van der Waals surface area contributed by atoms with Crippen LogP contribution in [0.1, 0.15) is 0 Å². The van der Waals surface area contributed by atoms with E-state index in [2.05, 4.69) is 0 Å². The molecule has 0 nitrogen and oxygen atoms in total. The quantitative estimate of drug-likeness (QED) is 0.556. The van der Waals surface area contributed by atoms with E-state index in [1.807, 2.05) is 0 Å². The highest BCUT2D eigenvalue weighted by Crippen LogP contribution is 2.66. The van der Waals surface area contributed by atoms with Crippen molar-refractivity contribution in [3.63, 3.8) is 0 Å². The van der Waals surface area contributed by atoms with E-state index in [0.29, 0.717) is 0 Å². The molecular weight excluding hydrogens is 344 g/mol. The maximum absolute atomic E-state index is 5.81. The fourth-order valence-electron chi connectivity index (χ4n) is 0.936. The van der Waals surface area contributed by atoms with Gasteiger partial charge in [0, 0.05) is 0 Å². The van der Waals surface area contributed by atoms with Crippen molar-refractivity contribution >= 4 is 92.8 Å². The highest BCUT2D eigenvalue weighted by Gasteiger charge is 2.74. The van der Waals surface area contributed by atoms with E-state index in [0.717, 1.165) is 0 Å². The zero-order chi connectivity index (χ0) is 10.7. The molecule has 2 atom stereocenters. The van der Waals surface area contributed by atoms with Crippen molar-refractivity contribution in [2.45, 2.75) is 23.8 Å². The molecule has 78 valence electrons. The van der Waals surface area contributed by atoms with Crippen LogP contribution in [0.25, 0.3) is 0 Å². The molecule has 1 saturated carbocycles. The molecule has 1 aliphatic rings. The van der Waals surface area contributed by atoms with Crippen molar-refractivity contribution in [1.29, 1.82) is 0 Å². The monoisotopic (exact) mass is 342 g/mol. The summed E-state index contributed by atoms with van der Waals surface area (Å²) in [6.45, 7) is 0. The molecule has 8 heteroatoms. The average Bonchev–Trinajstić information content (AvgIpc) is 2.05. The minimum Gasteiger partial charge on any atom is -0.118 e. The smallest absolute Gasteiger partial charge is 0.118 e. The van der Waals surface area contributed by atoms with Crippen LogP contribution in [0, 0.1) is 0 Å². The van der Waals surface area contributed by atoms with Gasteiger partial charge in [-0.1, -0.05) is 69.6 Å². The summed E-state index contributed by atoms with van der Waals surface area (Å²) in [5, 5.41) is -1.88. The first-order chi connectivity index (χ1) is 5.57. The van der Waals surface area contributed by atoms with Crippen molar-refractivity contribution < 1.29 is 0 Å². The first kappa shape index (κ1) is 13.4. The number of halogens is 8. The molecule has 0 N–H and O–H groups in total. The molecule has 1 rings (SSSR count). The molecule has 1 aliphatic carbocycles. The molecule has 0 amide bonds. The molecule has 0 spiro atoms. The third-order valence-electron chi connectivity index (χ3n) is 1.79. The summed E-state index contributed by atoms with van der Waals surface area (Å²) in [6.07, 6.45) is 0. The Labute approximate surface area is 116 Å². The van der Waals surface area contributed by atoms with Gasteiger partial charge in [0.05, 0.1) is 10.8 Å². The lowest BCUT2D eigenvalue weighted by Gasteiger charge is -2.32. The maximum Gasteiger partial charge on any atom is 0.186 e. The van der Waals surface area contributed by atoms with E-state index >= 15 is 0 Å². The van der Waals surface area contributed by atoms with Gasteiger partial charge in [0.1, 0.15) is 0 Å². The fraction of sp³-hybridized carbons (Fsp3) is 1.00. The van der Waals surface area contributed by atoms with E-state index in [4.69, 9.17) is 92.8 Å². The summed E-state index contributed by atoms with van der Waals surface area (Å²) in [5.74, 6) is 0. The highest BCUT2D eigenvalue weighted by atomic mass is 35.5. The van der Waals surface area contributed by atoms with E-state index in [1.54, 1.807) is 0 Å². The van der Waals surface area contributed by atoms with Crippen molar-refractivity contribution in [3.05, 3.63) is 0 Å². The van der Waals surface area contributed by atoms with Gasteiger partial charge < -0.3 is 0 Å². The van der Waals surface area contributed by atoms with Gasteiger partial charge in [-0.15, -0.1) is 23.2 Å². The third-order valence-corrected chi connectivity index (χ3v) is 7.56. The van der Waals surface area contributed by atoms with Crippen molar-refractivity contribution in [3.8, 4) is 0 Å². The van der Waals surface area contributed by atoms with Gasteiger partial charge in [0.2, 0.25) is 0 Å². The number of rotatable bonds is 0. The van der Waals surface area contributed by atoms with Crippen LogP contribution in [-0.4, -0.2) is 23.8 Å². The molecule has 0 aromatic rings. The topological polar surface area (TPSA) is 0 Å². The van der Waals surface area contributed by atoms with E-state index in [9.17, 15) is 0 Å². The van der Waals surface area contributed by atoms with Gasteiger partial charge in [-0.05, 0) is 0 Å². The van der Waals surface area contributed by atoms with E-state index in [-0.39, 0.29) is 0 Å². The van der Waals surface area contributed by atoms with Crippen LogP contribution in [-0.2, 0) is 0 Å². The largest absolute Gasteiger partial charge is 0.186 e. The highest BCUT2D eigenvalue weighted by molar-refractivity contribution is 6.74. The Bertz CT molecular complexity index is 199. The second-order valence-electron chi connectivity index (χ2n) is 2.62. The summed E-state index contributed by atoms with van der Waals surface area (Å²) >= 11 is 46.4. The minimum atomic E-state index is -1.83. The Balaban J connectivity index is 3.23. The third kappa shape index (κ3) is 1.65. The molecule has 0 heterocycles. The lowest BCUT2D eigenvalue weighted by molar-refractivity contribution is 0.737. The lowest BCUT2D eigenvalue weighted by atomic mass is 10.3. The molecule has 0 radical (unpaired) electrons. The molecule has 2 unspecified atom stereocenters. The number of hydrogen-bond donors (Lipinski definition) is 0. The van der Waals surface area contributed by atoms with Crippen molar-refractivity contribution in [1.82, 2.24) is 0 Å². The lowest BCUT2D eigenvalue weighted by Crippen LogP contribution is -2.44. The Morgan fingerprint density at radius 3 is 0.923 bits per heavy atom. The van der Waals surface area contributed by atoms with E-state index in [1.165, 1.54) is 0 Å². The summed E-state index contributed by atoms with van der Waals surface area (Å²) in [6, 6.07) is 0. The maximum atomic E-state index is 5.81. The Kier molecular flexibility index (Phi) is 3.78. The summed E-state index contributed by atoms with van der Waals surface area (Å²) in [5.41, 5.74) is 0. The standard InChI is InChI=1S/C5H2Cl8/c6-1-2(7)4(10,11)5(12,13)3(1,8)9/h1-2H. The molecular formula is C5H2Cl8. The Morgan fingerprint density at radius 2 is 0.846 bits per heavy atom. The molecule has 13 heavy (non-hydrogen) atoms. The molecule has 1 fully saturated rings. The van der Waals surface area contributed by atoms with Crippen LogP contribution < -0.4 is 0 Å². The van der Waals surface area contributed by atoms with Crippen LogP contribution in [0.2, 0.25) is 0 Å². The zero-order valence-electron chi connectivity index (χ0n) is 5.68. The minimum absolute atomic E-state index is 0.942. The summed E-state index contributed by atoms with van der Waals surface area (Å²) < 4.78 is -5.23. The second-order valence-corrected chi connectivity index (χ2v) is 7.66. The molecule has 0 aromatic heterocycles. The van der Waals surface area contributed by atoms with Crippen LogP contribution >= 0.6 is 92.8 Å². The molecule has 0 saturated heterocycles. The van der Waals surface area contributed by atoms with Crippen LogP contribution in [0.3, 0.4) is 0 Å². The second kappa shape index (κ2) is 3.67. The number of hydrogen-bond acceptors (Lipinski definition) is 0. The van der Waals surface area contributed by atoms with E-state index < -0.39 is 23.8 Å². The predicted octanol–water partition coefficient (Wildman–Crippen LogP) is 4.74. The van der Waals surface area contributed by atoms with Crippen LogP contribution in [0.4, 0.5) is 0 Å². The Hall–Kier alpha value is 2.32.